The lowest BCUT2D eigenvalue weighted by Gasteiger charge is -2.23. The van der Waals surface area contributed by atoms with Crippen molar-refractivity contribution in [1.82, 2.24) is 0 Å². The van der Waals surface area contributed by atoms with E-state index in [2.05, 4.69) is 13.1 Å². The van der Waals surface area contributed by atoms with E-state index in [0.717, 1.165) is 0 Å². The average Bonchev–Trinajstić information content (AvgIpc) is 2.03. The minimum Gasteiger partial charge on any atom is -0.374 e. The Kier molecular flexibility index (Phi) is 13.3. The van der Waals surface area contributed by atoms with Gasteiger partial charge in [0, 0.05) is 26.4 Å². The maximum atomic E-state index is 5.41. The molecule has 0 saturated heterocycles. The van der Waals surface area contributed by atoms with Crippen LogP contribution in [-0.2, 0) is 13.3 Å². The van der Waals surface area contributed by atoms with Gasteiger partial charge in [0.05, 0.1) is 0 Å². The highest BCUT2D eigenvalue weighted by Crippen LogP contribution is 2.08. The van der Waals surface area contributed by atoms with Crippen molar-refractivity contribution in [2.75, 3.05) is 19.8 Å². The Morgan fingerprint density at radius 1 is 0.933 bits per heavy atom. The van der Waals surface area contributed by atoms with Crippen LogP contribution in [0.5, 0.6) is 0 Å². The van der Waals surface area contributed by atoms with E-state index in [1.54, 1.807) is 0 Å². The van der Waals surface area contributed by atoms with Gasteiger partial charge >= 0.3 is 8.80 Å². The molecule has 0 N–H and O–H groups in total. The summed E-state index contributed by atoms with van der Waals surface area (Å²) in [6, 6.07) is 0. The number of rotatable bonds is 6. The monoisotopic (exact) mass is 272 g/mol. The van der Waals surface area contributed by atoms with Gasteiger partial charge in [0.2, 0.25) is 0 Å². The molecule has 0 unspecified atom stereocenters. The predicted molar refractivity (Wildman–Crippen MR) is 71.2 cm³/mol. The molecule has 0 amide bonds. The normalized spacial score (nSPS) is 11.2. The van der Waals surface area contributed by atoms with Crippen LogP contribution in [0.2, 0.25) is 19.6 Å². The average molecular weight is 273 g/mol. The second kappa shape index (κ2) is 11.1. The van der Waals surface area contributed by atoms with Gasteiger partial charge in [-0.1, -0.05) is 13.1 Å². The first-order valence-corrected chi connectivity index (χ1v) is 11.8. The van der Waals surface area contributed by atoms with Crippen LogP contribution in [0.15, 0.2) is 0 Å². The molecule has 0 aliphatic rings. The molecule has 0 aromatic rings. The van der Waals surface area contributed by atoms with E-state index in [-0.39, 0.29) is 0 Å². The van der Waals surface area contributed by atoms with Crippen LogP contribution in [-0.4, -0.2) is 36.7 Å². The Morgan fingerprint density at radius 3 is 1.27 bits per heavy atom. The molecule has 0 aromatic heterocycles. The van der Waals surface area contributed by atoms with Crippen molar-refractivity contribution in [2.24, 2.45) is 0 Å². The van der Waals surface area contributed by atoms with Crippen LogP contribution in [0.1, 0.15) is 20.8 Å². The van der Waals surface area contributed by atoms with Gasteiger partial charge in [-0.15, -0.1) is 0 Å². The molecule has 0 rings (SSSR count). The molecule has 3 nitrogen and oxygen atoms in total. The Bertz CT molecular complexity index is 117. The minimum absolute atomic E-state index is 0.655. The van der Waals surface area contributed by atoms with E-state index in [4.69, 9.17) is 24.4 Å². The molecule has 0 heterocycles. The lowest BCUT2D eigenvalue weighted by Crippen LogP contribution is -2.42. The topological polar surface area (TPSA) is 27.7 Å². The lowest BCUT2D eigenvalue weighted by atomic mass is 10.9. The van der Waals surface area contributed by atoms with Crippen molar-refractivity contribution in [1.29, 1.82) is 0 Å². The highest BCUT2D eigenvalue weighted by atomic mass is 35.6. The third-order valence-corrected chi connectivity index (χ3v) is 3.66. The van der Waals surface area contributed by atoms with Crippen LogP contribution < -0.4 is 0 Å². The minimum atomic E-state index is -2.25. The zero-order valence-electron chi connectivity index (χ0n) is 10.8. The summed E-state index contributed by atoms with van der Waals surface area (Å²) < 4.78 is 16.2. The van der Waals surface area contributed by atoms with Crippen LogP contribution in [0, 0.1) is 0 Å². The van der Waals surface area contributed by atoms with Gasteiger partial charge in [-0.2, -0.15) is 11.1 Å². The van der Waals surface area contributed by atoms with Crippen molar-refractivity contribution >= 4 is 28.0 Å². The molecular formula is C9H25ClO3Si2. The van der Waals surface area contributed by atoms with Crippen molar-refractivity contribution in [3.63, 3.8) is 0 Å². The van der Waals surface area contributed by atoms with E-state index >= 15 is 0 Å². The summed E-state index contributed by atoms with van der Waals surface area (Å²) in [6.07, 6.45) is 0. The molecule has 0 spiro atoms. The molecule has 94 valence electrons. The number of hydrogen-bond donors (Lipinski definition) is 0. The van der Waals surface area contributed by atoms with Gasteiger partial charge in [-0.25, -0.2) is 0 Å². The summed E-state index contributed by atoms with van der Waals surface area (Å²) in [5, 5.41) is 0. The SMILES string of the molecule is CCO[Si](C)(OCC)OCC.C[SiH](C)Cl. The summed E-state index contributed by atoms with van der Waals surface area (Å²) in [7, 11) is -2.92. The maximum Gasteiger partial charge on any atom is 0.497 e. The molecule has 0 bridgehead atoms. The van der Waals surface area contributed by atoms with Gasteiger partial charge < -0.3 is 13.3 Å². The molecule has 0 aromatic carbocycles. The Labute approximate surface area is 102 Å². The van der Waals surface area contributed by atoms with E-state index in [0.29, 0.717) is 19.8 Å². The third-order valence-electron chi connectivity index (χ3n) is 1.22. The largest absolute Gasteiger partial charge is 0.497 e. The second-order valence-corrected chi connectivity index (χ2v) is 10.4. The van der Waals surface area contributed by atoms with Crippen LogP contribution in [0.25, 0.3) is 0 Å². The Hall–Kier alpha value is 0.604. The van der Waals surface area contributed by atoms with Crippen molar-refractivity contribution in [2.45, 2.75) is 40.4 Å². The quantitative estimate of drug-likeness (QED) is 0.550. The summed E-state index contributed by atoms with van der Waals surface area (Å²) >= 11 is 5.41. The Balaban J connectivity index is 0. The van der Waals surface area contributed by atoms with E-state index in [1.165, 1.54) is 0 Å². The fraction of sp³-hybridized carbons (Fsp3) is 1.00. The molecule has 0 aliphatic heterocycles. The van der Waals surface area contributed by atoms with Crippen molar-refractivity contribution in [3.8, 4) is 0 Å². The predicted octanol–water partition coefficient (Wildman–Crippen LogP) is 2.87. The van der Waals surface area contributed by atoms with Crippen molar-refractivity contribution in [3.05, 3.63) is 0 Å². The summed E-state index contributed by atoms with van der Waals surface area (Å²) in [5.74, 6) is 0. The summed E-state index contributed by atoms with van der Waals surface area (Å²) in [5.41, 5.74) is 0. The van der Waals surface area contributed by atoms with Gasteiger partial charge in [-0.3, -0.25) is 0 Å². The molecular weight excluding hydrogens is 248 g/mol. The molecule has 6 heteroatoms. The fourth-order valence-corrected chi connectivity index (χ4v) is 2.73. The lowest BCUT2D eigenvalue weighted by molar-refractivity contribution is 0.0783. The Morgan fingerprint density at radius 2 is 1.13 bits per heavy atom. The standard InChI is InChI=1S/C7H18O3Si.C2H7ClSi/c1-5-8-11(4,9-6-2)10-7-3;1-4(2)3/h5-7H2,1-4H3;4H,1-2H3. The third kappa shape index (κ3) is 14.6. The number of halogens is 1. The van der Waals surface area contributed by atoms with Gasteiger partial charge in [-0.05, 0) is 20.8 Å². The highest BCUT2D eigenvalue weighted by molar-refractivity contribution is 7.05. The van der Waals surface area contributed by atoms with Gasteiger partial charge in [0.1, 0.15) is 8.11 Å². The second-order valence-electron chi connectivity index (χ2n) is 3.18. The van der Waals surface area contributed by atoms with E-state index < -0.39 is 16.9 Å². The zero-order valence-corrected chi connectivity index (χ0v) is 13.7. The first-order chi connectivity index (χ1) is 6.91. The van der Waals surface area contributed by atoms with Crippen LogP contribution >= 0.6 is 11.1 Å². The van der Waals surface area contributed by atoms with Crippen LogP contribution in [0.4, 0.5) is 0 Å². The molecule has 0 fully saturated rings. The molecule has 0 radical (unpaired) electrons. The first-order valence-electron chi connectivity index (χ1n) is 5.47. The number of hydrogen-bond acceptors (Lipinski definition) is 3. The van der Waals surface area contributed by atoms with Crippen LogP contribution in [0.3, 0.4) is 0 Å². The highest BCUT2D eigenvalue weighted by Gasteiger charge is 2.32. The fourth-order valence-electron chi connectivity index (χ4n) is 0.912. The summed E-state index contributed by atoms with van der Waals surface area (Å²) in [4.78, 5) is 0. The van der Waals surface area contributed by atoms with Crippen molar-refractivity contribution < 1.29 is 13.3 Å². The maximum absolute atomic E-state index is 5.41. The summed E-state index contributed by atoms with van der Waals surface area (Å²) in [6.45, 7) is 13.9. The molecule has 0 atom stereocenters. The smallest absolute Gasteiger partial charge is 0.374 e. The van der Waals surface area contributed by atoms with E-state index in [9.17, 15) is 0 Å². The molecule has 0 aliphatic carbocycles. The van der Waals surface area contributed by atoms with E-state index in [1.807, 2.05) is 27.3 Å². The first kappa shape index (κ1) is 18.0. The van der Waals surface area contributed by atoms with Gasteiger partial charge in [0.25, 0.3) is 0 Å². The zero-order chi connectivity index (χ0) is 12.3. The molecule has 0 saturated carbocycles. The van der Waals surface area contributed by atoms with Gasteiger partial charge in [0.15, 0.2) is 0 Å². The molecule has 15 heavy (non-hydrogen) atoms.